The molecule has 0 fully saturated rings. The molecule has 1 N–H and O–H groups in total. The summed E-state index contributed by atoms with van der Waals surface area (Å²) in [4.78, 5) is 10.5. The van der Waals surface area contributed by atoms with E-state index in [-0.39, 0.29) is 3.92 Å². The van der Waals surface area contributed by atoms with E-state index in [0.29, 0.717) is 0 Å². The number of aliphatic hydroxyl groups is 1. The third kappa shape index (κ3) is 3.00. The molecule has 0 aliphatic rings. The van der Waals surface area contributed by atoms with Crippen molar-refractivity contribution in [3.63, 3.8) is 0 Å². The van der Waals surface area contributed by atoms with Crippen molar-refractivity contribution in [3.05, 3.63) is 0 Å². The van der Waals surface area contributed by atoms with Gasteiger partial charge in [-0.25, -0.2) is 4.79 Å². The van der Waals surface area contributed by atoms with Crippen molar-refractivity contribution < 1.29 is 14.6 Å². The van der Waals surface area contributed by atoms with E-state index in [0.717, 1.165) is 0 Å². The Hall–Kier alpha value is 0.160. The summed E-state index contributed by atoms with van der Waals surface area (Å²) in [6.45, 7) is 1.74. The fraction of sp³-hybridized carbons (Fsp3) is 0.800. The van der Waals surface area contributed by atoms with Crippen LogP contribution in [0.25, 0.3) is 0 Å². The summed E-state index contributed by atoms with van der Waals surface area (Å²) in [6.07, 6.45) is -0.990. The van der Waals surface area contributed by atoms with Gasteiger partial charge in [-0.15, -0.1) is 0 Å². The number of carbonyl (C=O) groups is 1. The first-order valence-electron chi connectivity index (χ1n) is 2.49. The van der Waals surface area contributed by atoms with E-state index in [2.05, 4.69) is 4.74 Å². The Morgan fingerprint density at radius 3 is 2.33 bits per heavy atom. The number of esters is 1. The highest BCUT2D eigenvalue weighted by Crippen LogP contribution is 2.05. The Bertz CT molecular complexity index is 102. The van der Waals surface area contributed by atoms with Crippen molar-refractivity contribution in [1.82, 2.24) is 0 Å². The predicted molar refractivity (Wildman–Crippen MR) is 41.5 cm³/mol. The molecule has 2 atom stereocenters. The van der Waals surface area contributed by atoms with Gasteiger partial charge in [0.05, 0.1) is 7.11 Å². The fourth-order valence-corrected chi connectivity index (χ4v) is 0.602. The Balaban J connectivity index is 3.72. The number of methoxy groups -OCH3 is 1. The summed E-state index contributed by atoms with van der Waals surface area (Å²) in [5.74, 6) is -0.572. The molecule has 0 radical (unpaired) electrons. The van der Waals surface area contributed by atoms with Crippen molar-refractivity contribution in [2.75, 3.05) is 7.11 Å². The molecule has 0 aromatic heterocycles. The van der Waals surface area contributed by atoms with Gasteiger partial charge in [0.2, 0.25) is 0 Å². The van der Waals surface area contributed by atoms with Crippen molar-refractivity contribution >= 4 is 28.6 Å². The summed E-state index contributed by atoms with van der Waals surface area (Å²) in [5.41, 5.74) is 0. The number of halogens is 1. The zero-order valence-electron chi connectivity index (χ0n) is 5.30. The largest absolute Gasteiger partial charge is 0.467 e. The van der Waals surface area contributed by atoms with Crippen molar-refractivity contribution in [2.45, 2.75) is 17.0 Å². The zero-order valence-corrected chi connectivity index (χ0v) is 7.45. The maximum atomic E-state index is 10.5. The van der Waals surface area contributed by atoms with Gasteiger partial charge in [0, 0.05) is 3.92 Å². The minimum atomic E-state index is -0.990. The third-order valence-corrected chi connectivity index (χ3v) is 1.56. The monoisotopic (exact) mass is 244 g/mol. The zero-order chi connectivity index (χ0) is 7.44. The second-order valence-corrected chi connectivity index (χ2v) is 3.61. The molecule has 0 aromatic carbocycles. The number of hydrogen-bond donors (Lipinski definition) is 1. The molecule has 54 valence electrons. The fourth-order valence-electron chi connectivity index (χ4n) is 0.308. The summed E-state index contributed by atoms with van der Waals surface area (Å²) in [7, 11) is 1.25. The van der Waals surface area contributed by atoms with Crippen LogP contribution in [0.3, 0.4) is 0 Å². The molecule has 0 heterocycles. The van der Waals surface area contributed by atoms with Gasteiger partial charge in [-0.2, -0.15) is 0 Å². The summed E-state index contributed by atoms with van der Waals surface area (Å²) >= 11 is 1.96. The second-order valence-electron chi connectivity index (χ2n) is 1.65. The van der Waals surface area contributed by atoms with Crippen LogP contribution in [-0.4, -0.2) is 28.2 Å². The smallest absolute Gasteiger partial charge is 0.335 e. The van der Waals surface area contributed by atoms with Gasteiger partial charge in [0.25, 0.3) is 0 Å². The lowest BCUT2D eigenvalue weighted by Gasteiger charge is -2.08. The molecule has 0 amide bonds. The highest BCUT2D eigenvalue weighted by molar-refractivity contribution is 14.1. The van der Waals surface area contributed by atoms with Gasteiger partial charge in [0.1, 0.15) is 0 Å². The molecule has 0 saturated carbocycles. The molecule has 9 heavy (non-hydrogen) atoms. The maximum Gasteiger partial charge on any atom is 0.335 e. The molecule has 3 nitrogen and oxygen atoms in total. The lowest BCUT2D eigenvalue weighted by molar-refractivity contribution is -0.149. The molecule has 0 rings (SSSR count). The van der Waals surface area contributed by atoms with Crippen LogP contribution >= 0.6 is 22.6 Å². The number of ether oxygens (including phenoxy) is 1. The Morgan fingerprint density at radius 1 is 1.78 bits per heavy atom. The van der Waals surface area contributed by atoms with E-state index >= 15 is 0 Å². The Kier molecular flexibility index (Phi) is 4.12. The van der Waals surface area contributed by atoms with Crippen LogP contribution in [0.1, 0.15) is 6.92 Å². The van der Waals surface area contributed by atoms with E-state index < -0.39 is 12.1 Å². The minimum Gasteiger partial charge on any atom is -0.467 e. The SMILES string of the molecule is COC(=O)C(O)C(C)I. The first kappa shape index (κ1) is 9.16. The van der Waals surface area contributed by atoms with E-state index in [9.17, 15) is 4.79 Å². The molecular formula is C5H9IO3. The van der Waals surface area contributed by atoms with Gasteiger partial charge in [0.15, 0.2) is 6.10 Å². The van der Waals surface area contributed by atoms with E-state index in [4.69, 9.17) is 5.11 Å². The molecule has 4 heteroatoms. The number of rotatable bonds is 2. The highest BCUT2D eigenvalue weighted by atomic mass is 127. The van der Waals surface area contributed by atoms with Crippen molar-refractivity contribution in [2.24, 2.45) is 0 Å². The van der Waals surface area contributed by atoms with Crippen LogP contribution in [0.2, 0.25) is 0 Å². The second kappa shape index (κ2) is 4.05. The van der Waals surface area contributed by atoms with Crippen LogP contribution in [0, 0.1) is 0 Å². The van der Waals surface area contributed by atoms with Crippen molar-refractivity contribution in [3.8, 4) is 0 Å². The first-order valence-corrected chi connectivity index (χ1v) is 3.74. The van der Waals surface area contributed by atoms with Crippen molar-refractivity contribution in [1.29, 1.82) is 0 Å². The topological polar surface area (TPSA) is 46.5 Å². The minimum absolute atomic E-state index is 0.102. The van der Waals surface area contributed by atoms with Gasteiger partial charge in [-0.3, -0.25) is 0 Å². The Labute approximate surface area is 67.5 Å². The van der Waals surface area contributed by atoms with Gasteiger partial charge in [-0.05, 0) is 0 Å². The third-order valence-electron chi connectivity index (χ3n) is 0.878. The van der Waals surface area contributed by atoms with E-state index in [1.807, 2.05) is 22.6 Å². The molecule has 0 aliphatic heterocycles. The normalized spacial score (nSPS) is 16.4. The predicted octanol–water partition coefficient (Wildman–Crippen LogP) is 0.344. The van der Waals surface area contributed by atoms with Crippen LogP contribution in [0.5, 0.6) is 0 Å². The van der Waals surface area contributed by atoms with Gasteiger partial charge < -0.3 is 9.84 Å². The molecular weight excluding hydrogens is 235 g/mol. The van der Waals surface area contributed by atoms with E-state index in [1.54, 1.807) is 6.92 Å². The average Bonchev–Trinajstić information content (AvgIpc) is 1.84. The molecule has 0 spiro atoms. The van der Waals surface area contributed by atoms with Crippen LogP contribution < -0.4 is 0 Å². The number of alkyl halides is 1. The summed E-state index contributed by atoms with van der Waals surface area (Å²) in [6, 6.07) is 0. The lowest BCUT2D eigenvalue weighted by Crippen LogP contribution is -2.28. The number of hydrogen-bond acceptors (Lipinski definition) is 3. The Morgan fingerprint density at radius 2 is 2.22 bits per heavy atom. The molecule has 0 aromatic rings. The quantitative estimate of drug-likeness (QED) is 0.433. The van der Waals surface area contributed by atoms with Crippen LogP contribution in [0.4, 0.5) is 0 Å². The summed E-state index contributed by atoms with van der Waals surface area (Å²) in [5, 5.41) is 8.91. The molecule has 0 bridgehead atoms. The van der Waals surface area contributed by atoms with E-state index in [1.165, 1.54) is 7.11 Å². The maximum absolute atomic E-state index is 10.5. The van der Waals surface area contributed by atoms with Crippen LogP contribution in [0.15, 0.2) is 0 Å². The lowest BCUT2D eigenvalue weighted by atomic mass is 10.3. The molecule has 0 aliphatic carbocycles. The standard InChI is InChI=1S/C5H9IO3/c1-3(6)4(7)5(8)9-2/h3-4,7H,1-2H3. The average molecular weight is 244 g/mol. The van der Waals surface area contributed by atoms with Crippen LogP contribution in [-0.2, 0) is 9.53 Å². The number of aliphatic hydroxyl groups excluding tert-OH is 1. The first-order chi connectivity index (χ1) is 4.09. The number of carbonyl (C=O) groups excluding carboxylic acids is 1. The highest BCUT2D eigenvalue weighted by Gasteiger charge is 2.19. The van der Waals surface area contributed by atoms with Gasteiger partial charge >= 0.3 is 5.97 Å². The van der Waals surface area contributed by atoms with Gasteiger partial charge in [-0.1, -0.05) is 29.5 Å². The summed E-state index contributed by atoms with van der Waals surface area (Å²) < 4.78 is 4.18. The molecule has 2 unspecified atom stereocenters. The molecule has 0 saturated heterocycles.